The molecule has 0 saturated heterocycles. The van der Waals surface area contributed by atoms with Gasteiger partial charge in [0.25, 0.3) is 0 Å². The minimum Gasteiger partial charge on any atom is -0.475 e. The first kappa shape index (κ1) is 13.1. The molecule has 0 amide bonds. The van der Waals surface area contributed by atoms with E-state index in [0.717, 1.165) is 10.2 Å². The van der Waals surface area contributed by atoms with Crippen LogP contribution in [0.4, 0.5) is 0 Å². The number of carboxylic acid groups (broad SMARTS) is 1. The van der Waals surface area contributed by atoms with Gasteiger partial charge in [0, 0.05) is 5.41 Å². The molecule has 0 unspecified atom stereocenters. The fourth-order valence-electron chi connectivity index (χ4n) is 1.13. The number of hydrogen-bond donors (Lipinski definition) is 1. The van der Waals surface area contributed by atoms with Crippen molar-refractivity contribution in [2.24, 2.45) is 0 Å². The zero-order chi connectivity index (χ0) is 13.3. The molecule has 0 atom stereocenters. The van der Waals surface area contributed by atoms with Gasteiger partial charge in [-0.05, 0) is 35.4 Å². The molecule has 18 heavy (non-hydrogen) atoms. The van der Waals surface area contributed by atoms with E-state index in [1.165, 1.54) is 29.4 Å². The van der Waals surface area contributed by atoms with Gasteiger partial charge < -0.3 is 9.52 Å². The SMILES string of the molecule is CC(C)(C)c1nsc(Sc2ccc(C(=O)O)o2)n1. The van der Waals surface area contributed by atoms with Crippen LogP contribution in [0.25, 0.3) is 0 Å². The number of carboxylic acids is 1. The Morgan fingerprint density at radius 3 is 2.67 bits per heavy atom. The van der Waals surface area contributed by atoms with E-state index < -0.39 is 5.97 Å². The number of hydrogen-bond acceptors (Lipinski definition) is 6. The molecule has 2 rings (SSSR count). The molecule has 96 valence electrons. The molecular weight excluding hydrogens is 272 g/mol. The Morgan fingerprint density at radius 1 is 1.44 bits per heavy atom. The molecule has 0 radical (unpaired) electrons. The van der Waals surface area contributed by atoms with Crippen molar-refractivity contribution in [3.8, 4) is 0 Å². The molecule has 1 N–H and O–H groups in total. The Morgan fingerprint density at radius 2 is 2.17 bits per heavy atom. The van der Waals surface area contributed by atoms with E-state index in [4.69, 9.17) is 9.52 Å². The zero-order valence-electron chi connectivity index (χ0n) is 10.1. The van der Waals surface area contributed by atoms with Crippen LogP contribution < -0.4 is 0 Å². The van der Waals surface area contributed by atoms with Gasteiger partial charge in [0.05, 0.1) is 0 Å². The Hall–Kier alpha value is -1.34. The highest BCUT2D eigenvalue weighted by molar-refractivity contribution is 8.00. The normalized spacial score (nSPS) is 11.7. The van der Waals surface area contributed by atoms with Crippen LogP contribution in [0.3, 0.4) is 0 Å². The molecule has 0 aromatic carbocycles. The minimum absolute atomic E-state index is 0.0712. The number of aromatic carboxylic acids is 1. The Balaban J connectivity index is 2.14. The van der Waals surface area contributed by atoms with Crippen LogP contribution >= 0.6 is 23.3 Å². The maximum absolute atomic E-state index is 10.7. The highest BCUT2D eigenvalue weighted by Gasteiger charge is 2.20. The third kappa shape index (κ3) is 2.91. The summed E-state index contributed by atoms with van der Waals surface area (Å²) in [4.78, 5) is 15.1. The van der Waals surface area contributed by atoms with Crippen LogP contribution in [0.5, 0.6) is 0 Å². The molecule has 2 aromatic heterocycles. The zero-order valence-corrected chi connectivity index (χ0v) is 11.8. The van der Waals surface area contributed by atoms with Crippen molar-refractivity contribution < 1.29 is 14.3 Å². The van der Waals surface area contributed by atoms with Crippen LogP contribution in [-0.2, 0) is 5.41 Å². The predicted octanol–water partition coefficient (Wildman–Crippen LogP) is 3.28. The summed E-state index contributed by atoms with van der Waals surface area (Å²) in [5, 5.41) is 9.25. The molecule has 0 aliphatic carbocycles. The van der Waals surface area contributed by atoms with Crippen LogP contribution in [0.2, 0.25) is 0 Å². The summed E-state index contributed by atoms with van der Waals surface area (Å²) in [5.74, 6) is -0.368. The number of rotatable bonds is 3. The second-order valence-corrected chi connectivity index (χ2v) is 6.66. The molecule has 0 fully saturated rings. The van der Waals surface area contributed by atoms with E-state index >= 15 is 0 Å². The monoisotopic (exact) mass is 284 g/mol. The van der Waals surface area contributed by atoms with E-state index in [1.807, 2.05) is 20.8 Å². The van der Waals surface area contributed by atoms with Gasteiger partial charge in [-0.2, -0.15) is 4.37 Å². The highest BCUT2D eigenvalue weighted by atomic mass is 32.2. The van der Waals surface area contributed by atoms with Crippen molar-refractivity contribution in [3.63, 3.8) is 0 Å². The van der Waals surface area contributed by atoms with Crippen LogP contribution in [-0.4, -0.2) is 20.4 Å². The minimum atomic E-state index is -1.07. The fraction of sp³-hybridized carbons (Fsp3) is 0.364. The lowest BCUT2D eigenvalue weighted by Gasteiger charge is -2.11. The highest BCUT2D eigenvalue weighted by Crippen LogP contribution is 2.32. The Bertz CT molecular complexity index is 569. The van der Waals surface area contributed by atoms with Gasteiger partial charge in [0.1, 0.15) is 5.82 Å². The van der Waals surface area contributed by atoms with E-state index in [9.17, 15) is 4.79 Å². The molecule has 0 aliphatic heterocycles. The van der Waals surface area contributed by atoms with E-state index in [0.29, 0.717) is 5.09 Å². The Labute approximate surface area is 112 Å². The van der Waals surface area contributed by atoms with Gasteiger partial charge in [-0.1, -0.05) is 20.8 Å². The molecule has 2 aromatic rings. The summed E-state index contributed by atoms with van der Waals surface area (Å²) in [6.07, 6.45) is 0. The van der Waals surface area contributed by atoms with Crippen molar-refractivity contribution in [1.82, 2.24) is 9.36 Å². The Kier molecular flexibility index (Phi) is 3.45. The summed E-state index contributed by atoms with van der Waals surface area (Å²) >= 11 is 2.56. The van der Waals surface area contributed by atoms with Crippen molar-refractivity contribution >= 4 is 29.3 Å². The summed E-state index contributed by atoms with van der Waals surface area (Å²) < 4.78 is 10.2. The van der Waals surface area contributed by atoms with E-state index in [-0.39, 0.29) is 11.2 Å². The van der Waals surface area contributed by atoms with Crippen molar-refractivity contribution in [2.45, 2.75) is 35.6 Å². The van der Waals surface area contributed by atoms with Crippen LogP contribution in [0, 0.1) is 0 Å². The topological polar surface area (TPSA) is 76.2 Å². The third-order valence-corrected chi connectivity index (χ3v) is 3.73. The second kappa shape index (κ2) is 4.74. The van der Waals surface area contributed by atoms with Gasteiger partial charge in [0.15, 0.2) is 9.43 Å². The first-order valence-corrected chi connectivity index (χ1v) is 6.80. The summed E-state index contributed by atoms with van der Waals surface area (Å²) in [7, 11) is 0. The summed E-state index contributed by atoms with van der Waals surface area (Å²) in [5.41, 5.74) is -0.0926. The lowest BCUT2D eigenvalue weighted by Crippen LogP contribution is -2.12. The second-order valence-electron chi connectivity index (χ2n) is 4.66. The van der Waals surface area contributed by atoms with Crippen molar-refractivity contribution in [1.29, 1.82) is 0 Å². The van der Waals surface area contributed by atoms with Crippen molar-refractivity contribution in [3.05, 3.63) is 23.7 Å². The first-order valence-electron chi connectivity index (χ1n) is 5.21. The quantitative estimate of drug-likeness (QED) is 0.932. The average Bonchev–Trinajstić information content (AvgIpc) is 2.85. The molecular formula is C11H12N2O3S2. The van der Waals surface area contributed by atoms with Gasteiger partial charge in [0.2, 0.25) is 5.76 Å². The van der Waals surface area contributed by atoms with Crippen LogP contribution in [0.1, 0.15) is 37.2 Å². The molecule has 7 heteroatoms. The number of furan rings is 1. The summed E-state index contributed by atoms with van der Waals surface area (Å²) in [6.45, 7) is 6.12. The summed E-state index contributed by atoms with van der Waals surface area (Å²) in [6, 6.07) is 3.04. The standard InChI is InChI=1S/C11H12N2O3S2/c1-11(2,3)9-12-10(18-13-9)17-7-5-4-6(16-7)8(14)15/h4-5H,1-3H3,(H,14,15). The van der Waals surface area contributed by atoms with Crippen molar-refractivity contribution in [2.75, 3.05) is 0 Å². The molecule has 0 aliphatic rings. The first-order chi connectivity index (χ1) is 8.36. The molecule has 0 bridgehead atoms. The van der Waals surface area contributed by atoms with Crippen LogP contribution in [0.15, 0.2) is 26.0 Å². The largest absolute Gasteiger partial charge is 0.475 e. The lowest BCUT2D eigenvalue weighted by atomic mass is 9.96. The maximum Gasteiger partial charge on any atom is 0.371 e. The number of nitrogens with zero attached hydrogens (tertiary/aromatic N) is 2. The predicted molar refractivity (Wildman–Crippen MR) is 68.4 cm³/mol. The van der Waals surface area contributed by atoms with Gasteiger partial charge in [-0.15, -0.1) is 0 Å². The van der Waals surface area contributed by atoms with Gasteiger partial charge in [-0.25, -0.2) is 9.78 Å². The molecule has 5 nitrogen and oxygen atoms in total. The van der Waals surface area contributed by atoms with Gasteiger partial charge in [-0.3, -0.25) is 0 Å². The lowest BCUT2D eigenvalue weighted by molar-refractivity contribution is 0.0656. The number of carbonyl (C=O) groups is 1. The van der Waals surface area contributed by atoms with Gasteiger partial charge >= 0.3 is 5.97 Å². The maximum atomic E-state index is 10.7. The molecule has 0 saturated carbocycles. The smallest absolute Gasteiger partial charge is 0.371 e. The molecule has 2 heterocycles. The third-order valence-electron chi connectivity index (χ3n) is 2.06. The van der Waals surface area contributed by atoms with E-state index in [1.54, 1.807) is 6.07 Å². The number of aromatic nitrogens is 2. The molecule has 0 spiro atoms. The van der Waals surface area contributed by atoms with E-state index in [2.05, 4.69) is 9.36 Å². The average molecular weight is 284 g/mol. The fourth-order valence-corrected chi connectivity index (χ4v) is 2.82.